The fourth-order valence-electron chi connectivity index (χ4n) is 2.24. The molecule has 1 fully saturated rings. The maximum atomic E-state index is 12.1. The van der Waals surface area contributed by atoms with E-state index < -0.39 is 5.60 Å². The molecule has 0 atom stereocenters. The van der Waals surface area contributed by atoms with Gasteiger partial charge in [0.15, 0.2) is 0 Å². The number of rotatable bonds is 3. The molecule has 0 bridgehead atoms. The van der Waals surface area contributed by atoms with E-state index in [2.05, 4.69) is 0 Å². The van der Waals surface area contributed by atoms with Crippen molar-refractivity contribution in [1.82, 2.24) is 9.80 Å². The molecule has 1 rings (SSSR count). The van der Waals surface area contributed by atoms with E-state index in [1.807, 2.05) is 0 Å². The van der Waals surface area contributed by atoms with Crippen molar-refractivity contribution >= 4 is 17.8 Å². The summed E-state index contributed by atoms with van der Waals surface area (Å²) >= 11 is 0. The maximum absolute atomic E-state index is 12.1. The number of nitrogens with zero attached hydrogens (tertiary/aromatic N) is 2. The lowest BCUT2D eigenvalue weighted by Gasteiger charge is -2.22. The van der Waals surface area contributed by atoms with E-state index in [0.29, 0.717) is 26.2 Å². The van der Waals surface area contributed by atoms with Crippen LogP contribution in [0.25, 0.3) is 0 Å². The topological polar surface area (TPSA) is 66.9 Å². The second-order valence-electron chi connectivity index (χ2n) is 6.33. The molecule has 0 N–H and O–H groups in total. The third-order valence-electron chi connectivity index (χ3n) is 3.26. The second kappa shape index (κ2) is 7.43. The zero-order chi connectivity index (χ0) is 16.0. The van der Waals surface area contributed by atoms with Crippen molar-refractivity contribution in [2.24, 2.45) is 0 Å². The standard InChI is InChI=1S/C15H26N2O4/c1-12(18)16-8-5-9-17(11-10-16)13(19)6-7-14(20)21-15(2,3)4/h5-11H2,1-4H3. The van der Waals surface area contributed by atoms with Crippen LogP contribution in [0, 0.1) is 0 Å². The highest BCUT2D eigenvalue weighted by Gasteiger charge is 2.22. The predicted octanol–water partition coefficient (Wildman–Crippen LogP) is 1.19. The summed E-state index contributed by atoms with van der Waals surface area (Å²) in [5.41, 5.74) is -0.523. The molecular weight excluding hydrogens is 272 g/mol. The van der Waals surface area contributed by atoms with Crippen molar-refractivity contribution in [3.05, 3.63) is 0 Å². The van der Waals surface area contributed by atoms with Crippen LogP contribution in [0.1, 0.15) is 47.0 Å². The van der Waals surface area contributed by atoms with Gasteiger partial charge in [0.2, 0.25) is 11.8 Å². The molecule has 2 amide bonds. The highest BCUT2D eigenvalue weighted by molar-refractivity contribution is 5.81. The normalized spacial score (nSPS) is 16.4. The Balaban J connectivity index is 2.38. The third-order valence-corrected chi connectivity index (χ3v) is 3.26. The first kappa shape index (κ1) is 17.5. The number of carbonyl (C=O) groups excluding carboxylic acids is 3. The van der Waals surface area contributed by atoms with Gasteiger partial charge in [-0.25, -0.2) is 0 Å². The molecule has 6 heteroatoms. The molecule has 1 saturated heterocycles. The Morgan fingerprint density at radius 3 is 2.10 bits per heavy atom. The van der Waals surface area contributed by atoms with Crippen LogP contribution in [-0.2, 0) is 19.1 Å². The first-order chi connectivity index (χ1) is 9.69. The smallest absolute Gasteiger partial charge is 0.306 e. The van der Waals surface area contributed by atoms with E-state index in [1.54, 1.807) is 37.5 Å². The Bertz CT molecular complexity index is 401. The Labute approximate surface area is 126 Å². The lowest BCUT2D eigenvalue weighted by Crippen LogP contribution is -2.36. The quantitative estimate of drug-likeness (QED) is 0.734. The van der Waals surface area contributed by atoms with Gasteiger partial charge in [0.05, 0.1) is 6.42 Å². The van der Waals surface area contributed by atoms with Gasteiger partial charge in [-0.2, -0.15) is 0 Å². The second-order valence-corrected chi connectivity index (χ2v) is 6.33. The number of carbonyl (C=O) groups is 3. The predicted molar refractivity (Wildman–Crippen MR) is 78.5 cm³/mol. The molecule has 0 aliphatic carbocycles. The Morgan fingerprint density at radius 2 is 1.52 bits per heavy atom. The van der Waals surface area contributed by atoms with Crippen molar-refractivity contribution in [2.45, 2.75) is 52.6 Å². The molecule has 0 saturated carbocycles. The van der Waals surface area contributed by atoms with Crippen LogP contribution in [0.4, 0.5) is 0 Å². The molecule has 6 nitrogen and oxygen atoms in total. The summed E-state index contributed by atoms with van der Waals surface area (Å²) in [6, 6.07) is 0. The van der Waals surface area contributed by atoms with Crippen molar-refractivity contribution in [3.8, 4) is 0 Å². The summed E-state index contributed by atoms with van der Waals surface area (Å²) in [5, 5.41) is 0. The number of amides is 2. The SMILES string of the molecule is CC(=O)N1CCCN(C(=O)CCC(=O)OC(C)(C)C)CC1. The minimum absolute atomic E-state index is 0.0399. The fraction of sp³-hybridized carbons (Fsp3) is 0.800. The molecule has 21 heavy (non-hydrogen) atoms. The molecule has 1 aliphatic heterocycles. The molecule has 0 aromatic heterocycles. The fourth-order valence-corrected chi connectivity index (χ4v) is 2.24. The summed E-state index contributed by atoms with van der Waals surface area (Å²) in [4.78, 5) is 38.5. The van der Waals surface area contributed by atoms with Gasteiger partial charge in [0.25, 0.3) is 0 Å². The maximum Gasteiger partial charge on any atom is 0.306 e. The van der Waals surface area contributed by atoms with Crippen LogP contribution >= 0.6 is 0 Å². The molecule has 0 spiro atoms. The van der Waals surface area contributed by atoms with E-state index in [4.69, 9.17) is 4.74 Å². The average Bonchev–Trinajstić information content (AvgIpc) is 2.59. The molecule has 1 heterocycles. The van der Waals surface area contributed by atoms with E-state index in [1.165, 1.54) is 0 Å². The summed E-state index contributed by atoms with van der Waals surface area (Å²) in [7, 11) is 0. The highest BCUT2D eigenvalue weighted by atomic mass is 16.6. The van der Waals surface area contributed by atoms with Gasteiger partial charge in [-0.3, -0.25) is 14.4 Å². The van der Waals surface area contributed by atoms with Gasteiger partial charge in [-0.15, -0.1) is 0 Å². The van der Waals surface area contributed by atoms with Crippen LogP contribution in [0.3, 0.4) is 0 Å². The number of hydrogen-bond acceptors (Lipinski definition) is 4. The lowest BCUT2D eigenvalue weighted by atomic mass is 10.2. The van der Waals surface area contributed by atoms with Crippen LogP contribution in [0.15, 0.2) is 0 Å². The monoisotopic (exact) mass is 298 g/mol. The van der Waals surface area contributed by atoms with Gasteiger partial charge >= 0.3 is 5.97 Å². The molecule has 120 valence electrons. The van der Waals surface area contributed by atoms with Gasteiger partial charge < -0.3 is 14.5 Å². The summed E-state index contributed by atoms with van der Waals surface area (Å²) in [6.45, 7) is 9.37. The van der Waals surface area contributed by atoms with E-state index in [0.717, 1.165) is 6.42 Å². The van der Waals surface area contributed by atoms with Crippen molar-refractivity contribution in [3.63, 3.8) is 0 Å². The summed E-state index contributed by atoms with van der Waals surface area (Å²) < 4.78 is 5.19. The summed E-state index contributed by atoms with van der Waals surface area (Å²) in [6.07, 6.45) is 1.04. The van der Waals surface area contributed by atoms with Crippen molar-refractivity contribution in [1.29, 1.82) is 0 Å². The Morgan fingerprint density at radius 1 is 0.952 bits per heavy atom. The molecule has 0 radical (unpaired) electrons. The number of esters is 1. The molecule has 1 aliphatic rings. The molecular formula is C15H26N2O4. The van der Waals surface area contributed by atoms with Crippen LogP contribution in [-0.4, -0.2) is 59.4 Å². The molecule has 0 unspecified atom stereocenters. The zero-order valence-electron chi connectivity index (χ0n) is 13.5. The van der Waals surface area contributed by atoms with Gasteiger partial charge in [0.1, 0.15) is 5.60 Å². The van der Waals surface area contributed by atoms with Crippen LogP contribution in [0.2, 0.25) is 0 Å². The first-order valence-corrected chi connectivity index (χ1v) is 7.44. The first-order valence-electron chi connectivity index (χ1n) is 7.44. The van der Waals surface area contributed by atoms with Crippen molar-refractivity contribution in [2.75, 3.05) is 26.2 Å². The number of ether oxygens (including phenoxy) is 1. The third kappa shape index (κ3) is 6.60. The largest absolute Gasteiger partial charge is 0.460 e. The van der Waals surface area contributed by atoms with E-state index >= 15 is 0 Å². The zero-order valence-corrected chi connectivity index (χ0v) is 13.5. The Kier molecular flexibility index (Phi) is 6.18. The van der Waals surface area contributed by atoms with E-state index in [-0.39, 0.29) is 30.6 Å². The Hall–Kier alpha value is -1.59. The van der Waals surface area contributed by atoms with E-state index in [9.17, 15) is 14.4 Å². The van der Waals surface area contributed by atoms with Gasteiger partial charge in [0, 0.05) is 39.5 Å². The minimum atomic E-state index is -0.523. The average molecular weight is 298 g/mol. The van der Waals surface area contributed by atoms with Crippen molar-refractivity contribution < 1.29 is 19.1 Å². The minimum Gasteiger partial charge on any atom is -0.460 e. The van der Waals surface area contributed by atoms with Gasteiger partial charge in [-0.05, 0) is 27.2 Å². The molecule has 0 aromatic rings. The lowest BCUT2D eigenvalue weighted by molar-refractivity contribution is -0.156. The van der Waals surface area contributed by atoms with Gasteiger partial charge in [-0.1, -0.05) is 0 Å². The highest BCUT2D eigenvalue weighted by Crippen LogP contribution is 2.11. The summed E-state index contributed by atoms with van der Waals surface area (Å²) in [5.74, 6) is -0.361. The van der Waals surface area contributed by atoms with Crippen LogP contribution in [0.5, 0.6) is 0 Å². The number of hydrogen-bond donors (Lipinski definition) is 0. The molecule has 0 aromatic carbocycles. The van der Waals surface area contributed by atoms with Crippen LogP contribution < -0.4 is 0 Å².